The minimum atomic E-state index is 0.921. The fourth-order valence-corrected chi connectivity index (χ4v) is 1.92. The van der Waals surface area contributed by atoms with Gasteiger partial charge in [0, 0.05) is 0 Å². The summed E-state index contributed by atoms with van der Waals surface area (Å²) in [5.41, 5.74) is 2.45. The monoisotopic (exact) mass is 298 g/mol. The Morgan fingerprint density at radius 2 is 1.71 bits per heavy atom. The Kier molecular flexibility index (Phi) is 3.18. The second kappa shape index (κ2) is 4.59. The molecule has 0 aliphatic carbocycles. The molecule has 0 saturated heterocycles. The van der Waals surface area contributed by atoms with Crippen LogP contribution in [0.2, 0.25) is 0 Å². The molecule has 2 heteroatoms. The molecule has 0 unspecified atom stereocenters. The molecule has 0 spiro atoms. The summed E-state index contributed by atoms with van der Waals surface area (Å²) in [5.74, 6) is 0. The van der Waals surface area contributed by atoms with Gasteiger partial charge in [-0.2, -0.15) is 0 Å². The zero-order chi connectivity index (χ0) is 9.80. The van der Waals surface area contributed by atoms with Crippen LogP contribution in [-0.2, 0) is 6.42 Å². The average Bonchev–Trinajstić information content (AvgIpc) is 2.19. The van der Waals surface area contributed by atoms with E-state index >= 15 is 0 Å². The Balaban J connectivity index is 2.19. The summed E-state index contributed by atoms with van der Waals surface area (Å²) in [6.45, 7) is 0. The molecule has 1 aromatic carbocycles. The normalized spacial score (nSPS) is 10.0. The van der Waals surface area contributed by atoms with Gasteiger partial charge in [-0.1, -0.05) is 0 Å². The predicted molar refractivity (Wildman–Crippen MR) is 58.9 cm³/mol. The van der Waals surface area contributed by atoms with E-state index in [0.717, 1.165) is 15.9 Å². The molecule has 0 aliphatic heterocycles. The zero-order valence-electron chi connectivity index (χ0n) is 7.68. The van der Waals surface area contributed by atoms with E-state index < -0.39 is 0 Å². The van der Waals surface area contributed by atoms with Gasteiger partial charge in [0.2, 0.25) is 0 Å². The molecule has 14 heavy (non-hydrogen) atoms. The molecule has 1 nitrogen and oxygen atoms in total. The molecule has 1 aromatic heterocycles. The second-order valence-electron chi connectivity index (χ2n) is 3.13. The average molecular weight is 296 g/mol. The number of rotatable bonds is 2. The van der Waals surface area contributed by atoms with Gasteiger partial charge in [0.05, 0.1) is 0 Å². The van der Waals surface area contributed by atoms with E-state index in [0.29, 0.717) is 0 Å². The van der Waals surface area contributed by atoms with Crippen molar-refractivity contribution in [3.05, 3.63) is 59.8 Å². The van der Waals surface area contributed by atoms with Gasteiger partial charge >= 0.3 is 97.2 Å². The molecule has 2 aromatic rings. The van der Waals surface area contributed by atoms with Gasteiger partial charge in [-0.05, 0) is 0 Å². The number of hydrogen-bond donors (Lipinski definition) is 0. The van der Waals surface area contributed by atoms with E-state index in [1.165, 1.54) is 5.56 Å². The second-order valence-corrected chi connectivity index (χ2v) is 4.32. The Morgan fingerprint density at radius 3 is 2.43 bits per heavy atom. The van der Waals surface area contributed by atoms with Crippen LogP contribution in [-0.4, -0.2) is 27.3 Å². The van der Waals surface area contributed by atoms with Crippen molar-refractivity contribution in [2.45, 2.75) is 6.42 Å². The molecule has 1 heterocycles. The first kappa shape index (κ1) is 9.70. The Labute approximate surface area is 97.1 Å². The molecule has 1 radical (unpaired) electrons. The quantitative estimate of drug-likeness (QED) is 0.765. The fraction of sp³-hybridized carbons (Fsp3) is 0.0833. The van der Waals surface area contributed by atoms with E-state index in [1.807, 2.05) is 34.4 Å². The SMILES string of the molecule is [Te]c1cccc(Cc2ccccc2)n1. The van der Waals surface area contributed by atoms with Crippen LogP contribution >= 0.6 is 0 Å². The van der Waals surface area contributed by atoms with Crippen LogP contribution in [0.5, 0.6) is 0 Å². The maximum atomic E-state index is 4.47. The summed E-state index contributed by atoms with van der Waals surface area (Å²) >= 11 is 1.95. The fourth-order valence-electron chi connectivity index (χ4n) is 1.36. The molecule has 0 N–H and O–H groups in total. The van der Waals surface area contributed by atoms with Crippen LogP contribution in [0.3, 0.4) is 0 Å². The van der Waals surface area contributed by atoms with Crippen LogP contribution in [0.15, 0.2) is 48.5 Å². The van der Waals surface area contributed by atoms with Crippen molar-refractivity contribution in [3.8, 4) is 0 Å². The molecule has 2 rings (SSSR count). The van der Waals surface area contributed by atoms with Crippen LogP contribution in [0.25, 0.3) is 0 Å². The number of hydrogen-bond acceptors (Lipinski definition) is 1. The maximum absolute atomic E-state index is 4.47. The van der Waals surface area contributed by atoms with Gasteiger partial charge in [-0.3, -0.25) is 0 Å². The molecule has 0 atom stereocenters. The molecule has 0 saturated carbocycles. The van der Waals surface area contributed by atoms with Crippen molar-refractivity contribution < 1.29 is 0 Å². The summed E-state index contributed by atoms with van der Waals surface area (Å²) in [5, 5.41) is 0. The van der Waals surface area contributed by atoms with Crippen LogP contribution in [0, 0.1) is 0 Å². The number of pyridine rings is 1. The first-order chi connectivity index (χ1) is 6.84. The first-order valence-corrected chi connectivity index (χ1v) is 5.68. The summed E-state index contributed by atoms with van der Waals surface area (Å²) < 4.78 is 1.09. The van der Waals surface area contributed by atoms with Crippen molar-refractivity contribution >= 4 is 26.0 Å². The third-order valence-corrected chi connectivity index (χ3v) is 2.66. The summed E-state index contributed by atoms with van der Waals surface area (Å²) in [7, 11) is 0. The van der Waals surface area contributed by atoms with Gasteiger partial charge in [-0.25, -0.2) is 0 Å². The number of benzene rings is 1. The minimum absolute atomic E-state index is 0.921. The van der Waals surface area contributed by atoms with Crippen LogP contribution < -0.4 is 3.74 Å². The standard InChI is InChI=1S/C12H10NTe/c14-12-8-4-7-11(13-12)9-10-5-2-1-3-6-10/h1-8H,9H2. The third-order valence-electron chi connectivity index (χ3n) is 2.01. The number of nitrogens with zero attached hydrogens (tertiary/aromatic N) is 1. The Morgan fingerprint density at radius 1 is 0.929 bits per heavy atom. The van der Waals surface area contributed by atoms with Gasteiger partial charge in [0.15, 0.2) is 0 Å². The summed E-state index contributed by atoms with van der Waals surface area (Å²) in [4.78, 5) is 4.47. The Bertz CT molecular complexity index is 412. The Hall–Kier alpha value is -0.840. The van der Waals surface area contributed by atoms with Crippen molar-refractivity contribution in [2.75, 3.05) is 0 Å². The van der Waals surface area contributed by atoms with Gasteiger partial charge < -0.3 is 0 Å². The molecule has 69 valence electrons. The number of aromatic nitrogens is 1. The molecular weight excluding hydrogens is 286 g/mol. The molecule has 0 fully saturated rings. The molecular formula is C12H10NTe. The van der Waals surface area contributed by atoms with Crippen molar-refractivity contribution in [3.63, 3.8) is 0 Å². The van der Waals surface area contributed by atoms with Crippen molar-refractivity contribution in [2.24, 2.45) is 0 Å². The zero-order valence-corrected chi connectivity index (χ0v) is 10.0. The van der Waals surface area contributed by atoms with Crippen LogP contribution in [0.4, 0.5) is 0 Å². The van der Waals surface area contributed by atoms with Gasteiger partial charge in [0.25, 0.3) is 0 Å². The summed E-state index contributed by atoms with van der Waals surface area (Å²) in [6, 6.07) is 16.6. The summed E-state index contributed by atoms with van der Waals surface area (Å²) in [6.07, 6.45) is 0.921. The van der Waals surface area contributed by atoms with Crippen LogP contribution in [0.1, 0.15) is 11.3 Å². The van der Waals surface area contributed by atoms with E-state index in [4.69, 9.17) is 0 Å². The van der Waals surface area contributed by atoms with Crippen molar-refractivity contribution in [1.29, 1.82) is 0 Å². The van der Waals surface area contributed by atoms with E-state index in [-0.39, 0.29) is 0 Å². The topological polar surface area (TPSA) is 12.9 Å². The molecule has 0 amide bonds. The molecule has 0 bridgehead atoms. The van der Waals surface area contributed by atoms with E-state index in [2.05, 4.69) is 41.4 Å². The van der Waals surface area contributed by atoms with Crippen molar-refractivity contribution in [1.82, 2.24) is 4.98 Å². The third kappa shape index (κ3) is 2.57. The van der Waals surface area contributed by atoms with Gasteiger partial charge in [0.1, 0.15) is 0 Å². The van der Waals surface area contributed by atoms with Gasteiger partial charge in [-0.15, -0.1) is 0 Å². The van der Waals surface area contributed by atoms with E-state index in [9.17, 15) is 0 Å². The molecule has 0 aliphatic rings. The first-order valence-electron chi connectivity index (χ1n) is 4.51. The van der Waals surface area contributed by atoms with E-state index in [1.54, 1.807) is 0 Å². The predicted octanol–water partition coefficient (Wildman–Crippen LogP) is 1.47.